The fraction of sp³-hybridized carbons (Fsp3) is 0.350. The van der Waals surface area contributed by atoms with Gasteiger partial charge in [0.2, 0.25) is 5.91 Å². The molecule has 0 saturated carbocycles. The minimum absolute atomic E-state index is 0.101. The zero-order valence-electron chi connectivity index (χ0n) is 15.5. The Morgan fingerprint density at radius 2 is 1.77 bits per heavy atom. The number of nitrogens with one attached hydrogen (secondary N) is 1. The summed E-state index contributed by atoms with van der Waals surface area (Å²) in [6.45, 7) is 8.42. The molecule has 0 atom stereocenters. The highest BCUT2D eigenvalue weighted by molar-refractivity contribution is 6.05. The van der Waals surface area contributed by atoms with Gasteiger partial charge in [-0.25, -0.2) is 0 Å². The van der Waals surface area contributed by atoms with E-state index in [1.807, 2.05) is 43.0 Å². The molecule has 136 valence electrons. The second-order valence-corrected chi connectivity index (χ2v) is 6.70. The van der Waals surface area contributed by atoms with E-state index in [1.165, 1.54) is 0 Å². The van der Waals surface area contributed by atoms with Crippen LogP contribution >= 0.6 is 0 Å². The van der Waals surface area contributed by atoms with Crippen LogP contribution in [0.15, 0.2) is 36.7 Å². The van der Waals surface area contributed by atoms with Crippen molar-refractivity contribution >= 4 is 23.2 Å². The zero-order valence-corrected chi connectivity index (χ0v) is 15.5. The number of hydrogen-bond donors (Lipinski definition) is 1. The first-order valence-electron chi connectivity index (χ1n) is 8.78. The van der Waals surface area contributed by atoms with E-state index in [-0.39, 0.29) is 11.8 Å². The van der Waals surface area contributed by atoms with E-state index in [9.17, 15) is 9.59 Å². The van der Waals surface area contributed by atoms with Gasteiger partial charge in [-0.05, 0) is 37.1 Å². The number of rotatable bonds is 3. The Bertz CT molecular complexity index is 826. The third kappa shape index (κ3) is 4.02. The molecule has 1 aliphatic rings. The first kappa shape index (κ1) is 17.9. The van der Waals surface area contributed by atoms with Crippen molar-refractivity contribution in [1.29, 1.82) is 0 Å². The highest BCUT2D eigenvalue weighted by Gasteiger charge is 2.20. The Hall–Kier alpha value is -2.89. The van der Waals surface area contributed by atoms with Gasteiger partial charge in [-0.1, -0.05) is 12.1 Å². The molecule has 1 aliphatic heterocycles. The fourth-order valence-corrected chi connectivity index (χ4v) is 3.07. The maximum Gasteiger partial charge on any atom is 0.257 e. The number of aryl methyl sites for hydroxylation is 2. The molecule has 1 saturated heterocycles. The smallest absolute Gasteiger partial charge is 0.257 e. The van der Waals surface area contributed by atoms with Crippen molar-refractivity contribution in [3.05, 3.63) is 53.3 Å². The number of anilines is 2. The number of carbonyl (C=O) groups is 2. The first-order chi connectivity index (χ1) is 12.4. The molecule has 1 aromatic heterocycles. The number of hydrogen-bond acceptors (Lipinski definition) is 4. The highest BCUT2D eigenvalue weighted by atomic mass is 16.2. The Morgan fingerprint density at radius 1 is 1.04 bits per heavy atom. The third-order valence-electron chi connectivity index (χ3n) is 4.72. The molecule has 2 amide bonds. The van der Waals surface area contributed by atoms with E-state index in [0.29, 0.717) is 18.7 Å². The molecule has 2 aromatic rings. The van der Waals surface area contributed by atoms with Gasteiger partial charge in [0.25, 0.3) is 5.91 Å². The van der Waals surface area contributed by atoms with Crippen molar-refractivity contribution in [1.82, 2.24) is 9.88 Å². The average Bonchev–Trinajstić information content (AvgIpc) is 2.65. The summed E-state index contributed by atoms with van der Waals surface area (Å²) < 4.78 is 0. The number of piperazine rings is 1. The van der Waals surface area contributed by atoms with Gasteiger partial charge in [-0.2, -0.15) is 0 Å². The number of carbonyl (C=O) groups excluding carboxylic acids is 2. The van der Waals surface area contributed by atoms with Crippen LogP contribution in [0.3, 0.4) is 0 Å². The molecule has 0 aliphatic carbocycles. The van der Waals surface area contributed by atoms with Crippen LogP contribution in [0, 0.1) is 13.8 Å². The topological polar surface area (TPSA) is 65.5 Å². The number of nitrogens with zero attached hydrogens (tertiary/aromatic N) is 3. The van der Waals surface area contributed by atoms with Crippen LogP contribution in [0.5, 0.6) is 0 Å². The number of pyridine rings is 1. The van der Waals surface area contributed by atoms with E-state index in [0.717, 1.165) is 35.6 Å². The normalized spacial score (nSPS) is 14.3. The van der Waals surface area contributed by atoms with Crippen LogP contribution in [0.2, 0.25) is 0 Å². The molecule has 1 aromatic carbocycles. The summed E-state index contributed by atoms with van der Waals surface area (Å²) in [5.41, 5.74) is 4.37. The molecule has 1 N–H and O–H groups in total. The maximum atomic E-state index is 12.6. The summed E-state index contributed by atoms with van der Waals surface area (Å²) in [4.78, 5) is 32.3. The summed E-state index contributed by atoms with van der Waals surface area (Å²) in [7, 11) is 0. The average molecular weight is 352 g/mol. The van der Waals surface area contributed by atoms with Gasteiger partial charge in [0.1, 0.15) is 0 Å². The Balaban J connectivity index is 1.72. The Labute approximate surface area is 153 Å². The van der Waals surface area contributed by atoms with Crippen LogP contribution in [0.1, 0.15) is 28.4 Å². The zero-order chi connectivity index (χ0) is 18.7. The van der Waals surface area contributed by atoms with Gasteiger partial charge in [-0.3, -0.25) is 14.6 Å². The minimum Gasteiger partial charge on any atom is -0.367 e. The van der Waals surface area contributed by atoms with Crippen molar-refractivity contribution < 1.29 is 9.59 Å². The van der Waals surface area contributed by atoms with Gasteiger partial charge in [0.05, 0.1) is 17.4 Å². The van der Waals surface area contributed by atoms with Gasteiger partial charge in [0, 0.05) is 45.0 Å². The SMILES string of the molecule is CC(=O)N1CCN(c2cncc(C(=O)Nc3cc(C)ccc3C)c2)CC1. The van der Waals surface area contributed by atoms with Gasteiger partial charge < -0.3 is 15.1 Å². The molecule has 0 spiro atoms. The summed E-state index contributed by atoms with van der Waals surface area (Å²) in [6.07, 6.45) is 3.34. The molecule has 1 fully saturated rings. The van der Waals surface area contributed by atoms with E-state index >= 15 is 0 Å². The van der Waals surface area contributed by atoms with Crippen molar-refractivity contribution in [2.75, 3.05) is 36.4 Å². The van der Waals surface area contributed by atoms with Gasteiger partial charge in [-0.15, -0.1) is 0 Å². The molecule has 26 heavy (non-hydrogen) atoms. The second-order valence-electron chi connectivity index (χ2n) is 6.70. The van der Waals surface area contributed by atoms with Crippen molar-refractivity contribution in [2.24, 2.45) is 0 Å². The fourth-order valence-electron chi connectivity index (χ4n) is 3.07. The molecule has 0 bridgehead atoms. The van der Waals surface area contributed by atoms with Crippen LogP contribution in [-0.2, 0) is 4.79 Å². The largest absolute Gasteiger partial charge is 0.367 e. The van der Waals surface area contributed by atoms with Crippen LogP contribution in [0.4, 0.5) is 11.4 Å². The predicted molar refractivity (Wildman–Crippen MR) is 103 cm³/mol. The lowest BCUT2D eigenvalue weighted by molar-refractivity contribution is -0.129. The lowest BCUT2D eigenvalue weighted by atomic mass is 10.1. The molecule has 0 unspecified atom stereocenters. The summed E-state index contributed by atoms with van der Waals surface area (Å²) in [6, 6.07) is 7.84. The van der Waals surface area contributed by atoms with Crippen LogP contribution in [0.25, 0.3) is 0 Å². The van der Waals surface area contributed by atoms with Crippen molar-refractivity contribution in [3.63, 3.8) is 0 Å². The van der Waals surface area contributed by atoms with Crippen LogP contribution < -0.4 is 10.2 Å². The molecular weight excluding hydrogens is 328 g/mol. The molecular formula is C20H24N4O2. The van der Waals surface area contributed by atoms with E-state index in [1.54, 1.807) is 19.3 Å². The maximum absolute atomic E-state index is 12.6. The number of amides is 2. The Morgan fingerprint density at radius 3 is 2.46 bits per heavy atom. The standard InChI is InChI=1S/C20H24N4O2/c1-14-4-5-15(2)19(10-14)22-20(26)17-11-18(13-21-12-17)24-8-6-23(7-9-24)16(3)25/h4-5,10-13H,6-9H2,1-3H3,(H,22,26). The molecule has 3 rings (SSSR count). The van der Waals surface area contributed by atoms with Gasteiger partial charge in [0.15, 0.2) is 0 Å². The summed E-state index contributed by atoms with van der Waals surface area (Å²) in [5.74, 6) is -0.0696. The third-order valence-corrected chi connectivity index (χ3v) is 4.72. The highest BCUT2D eigenvalue weighted by Crippen LogP contribution is 2.20. The predicted octanol–water partition coefficient (Wildman–Crippen LogP) is 2.62. The first-order valence-corrected chi connectivity index (χ1v) is 8.78. The summed E-state index contributed by atoms with van der Waals surface area (Å²) >= 11 is 0. The summed E-state index contributed by atoms with van der Waals surface area (Å²) in [5, 5.41) is 2.97. The lowest BCUT2D eigenvalue weighted by Gasteiger charge is -2.35. The second kappa shape index (κ2) is 7.56. The molecule has 0 radical (unpaired) electrons. The van der Waals surface area contributed by atoms with E-state index < -0.39 is 0 Å². The minimum atomic E-state index is -0.171. The molecule has 6 heteroatoms. The van der Waals surface area contributed by atoms with E-state index in [4.69, 9.17) is 0 Å². The number of aromatic nitrogens is 1. The van der Waals surface area contributed by atoms with Gasteiger partial charge >= 0.3 is 0 Å². The number of benzene rings is 1. The van der Waals surface area contributed by atoms with Crippen molar-refractivity contribution in [2.45, 2.75) is 20.8 Å². The monoisotopic (exact) mass is 352 g/mol. The van der Waals surface area contributed by atoms with Crippen LogP contribution in [-0.4, -0.2) is 47.9 Å². The van der Waals surface area contributed by atoms with E-state index in [2.05, 4.69) is 15.2 Å². The molecule has 6 nitrogen and oxygen atoms in total. The Kier molecular flexibility index (Phi) is 5.21. The lowest BCUT2D eigenvalue weighted by Crippen LogP contribution is -2.48. The molecule has 2 heterocycles. The quantitative estimate of drug-likeness (QED) is 0.922. The van der Waals surface area contributed by atoms with Crippen molar-refractivity contribution in [3.8, 4) is 0 Å².